The van der Waals surface area contributed by atoms with Gasteiger partial charge >= 0.3 is 0 Å². The lowest BCUT2D eigenvalue weighted by Gasteiger charge is -2.19. The predicted octanol–water partition coefficient (Wildman–Crippen LogP) is 3.74. The number of ether oxygens (including phenoxy) is 2. The van der Waals surface area contributed by atoms with E-state index in [-0.39, 0.29) is 25.2 Å². The lowest BCUT2D eigenvalue weighted by molar-refractivity contribution is -0.114. The molecule has 0 aromatic heterocycles. The fourth-order valence-electron chi connectivity index (χ4n) is 3.14. The molecule has 0 aliphatic carbocycles. The first-order chi connectivity index (χ1) is 14.6. The number of fused-ring (bicyclic) bond motifs is 1. The van der Waals surface area contributed by atoms with E-state index in [2.05, 4.69) is 10.6 Å². The van der Waals surface area contributed by atoms with Crippen LogP contribution in [-0.2, 0) is 4.79 Å². The van der Waals surface area contributed by atoms with Gasteiger partial charge in [-0.05, 0) is 36.4 Å². The molecule has 0 atom stereocenters. The number of carbonyl (C=O) groups is 2. The normalized spacial score (nSPS) is 11.6. The number of para-hydroxylation sites is 2. The van der Waals surface area contributed by atoms with Crippen LogP contribution in [0, 0.1) is 0 Å². The molecule has 2 amide bonds. The number of likely N-dealkylation sites (N-methyl/N-ethyl adjacent to an activating group) is 1. The van der Waals surface area contributed by atoms with Crippen LogP contribution in [0.4, 0.5) is 17.1 Å². The maximum Gasteiger partial charge on any atom is 0.257 e. The third-order valence-electron chi connectivity index (χ3n) is 4.65. The van der Waals surface area contributed by atoms with Crippen molar-refractivity contribution in [3.8, 4) is 11.5 Å². The second-order valence-electron chi connectivity index (χ2n) is 6.81. The molecule has 2 N–H and O–H groups in total. The van der Waals surface area contributed by atoms with Crippen molar-refractivity contribution >= 4 is 28.9 Å². The minimum Gasteiger partial charge on any atom is -0.454 e. The molecular formula is C23H21N3O4. The van der Waals surface area contributed by atoms with Crippen molar-refractivity contribution in [2.45, 2.75) is 0 Å². The van der Waals surface area contributed by atoms with E-state index in [9.17, 15) is 9.59 Å². The minimum atomic E-state index is -0.332. The second-order valence-corrected chi connectivity index (χ2v) is 6.81. The van der Waals surface area contributed by atoms with Crippen LogP contribution in [0.1, 0.15) is 10.4 Å². The number of nitrogens with zero attached hydrogens (tertiary/aromatic N) is 1. The SMILES string of the molecule is CN(CC(=O)Nc1ccccc1C(=O)Nc1ccc2c(c1)OCO2)c1ccccc1. The summed E-state index contributed by atoms with van der Waals surface area (Å²) in [5, 5.41) is 5.67. The number of nitrogens with one attached hydrogen (secondary N) is 2. The Bertz CT molecular complexity index is 1070. The van der Waals surface area contributed by atoms with Gasteiger partial charge in [-0.1, -0.05) is 30.3 Å². The van der Waals surface area contributed by atoms with Crippen LogP contribution in [0.5, 0.6) is 11.5 Å². The Balaban J connectivity index is 1.44. The van der Waals surface area contributed by atoms with Gasteiger partial charge in [0.1, 0.15) is 0 Å². The highest BCUT2D eigenvalue weighted by Gasteiger charge is 2.17. The summed E-state index contributed by atoms with van der Waals surface area (Å²) in [4.78, 5) is 27.2. The standard InChI is InChI=1S/C23H21N3O4/c1-26(17-7-3-2-4-8-17)14-22(27)25-19-10-6-5-9-18(19)23(28)24-16-11-12-20-21(13-16)30-15-29-20/h2-13H,14-15H2,1H3,(H,24,28)(H,25,27). The van der Waals surface area contributed by atoms with Crippen LogP contribution in [0.25, 0.3) is 0 Å². The fraction of sp³-hybridized carbons (Fsp3) is 0.130. The quantitative estimate of drug-likeness (QED) is 0.655. The summed E-state index contributed by atoms with van der Waals surface area (Å²) < 4.78 is 10.6. The van der Waals surface area contributed by atoms with Crippen LogP contribution in [-0.4, -0.2) is 32.2 Å². The maximum absolute atomic E-state index is 12.8. The first-order valence-corrected chi connectivity index (χ1v) is 9.46. The largest absolute Gasteiger partial charge is 0.454 e. The second kappa shape index (κ2) is 8.57. The summed E-state index contributed by atoms with van der Waals surface area (Å²) >= 11 is 0. The van der Waals surface area contributed by atoms with Crippen LogP contribution in [0.3, 0.4) is 0 Å². The van der Waals surface area contributed by atoms with E-state index >= 15 is 0 Å². The molecule has 1 aliphatic heterocycles. The van der Waals surface area contributed by atoms with Crippen LogP contribution < -0.4 is 25.0 Å². The van der Waals surface area contributed by atoms with Gasteiger partial charge in [-0.25, -0.2) is 0 Å². The molecule has 0 spiro atoms. The molecule has 4 rings (SSSR count). The Hall–Kier alpha value is -4.00. The zero-order chi connectivity index (χ0) is 20.9. The molecular weight excluding hydrogens is 382 g/mol. The van der Waals surface area contributed by atoms with Gasteiger partial charge in [-0.3, -0.25) is 9.59 Å². The van der Waals surface area contributed by atoms with Crippen molar-refractivity contribution in [3.05, 3.63) is 78.4 Å². The summed E-state index contributed by atoms with van der Waals surface area (Å²) in [6.07, 6.45) is 0. The Morgan fingerprint density at radius 3 is 2.47 bits per heavy atom. The molecule has 3 aromatic rings. The number of amides is 2. The van der Waals surface area contributed by atoms with Crippen molar-refractivity contribution in [1.82, 2.24) is 0 Å². The van der Waals surface area contributed by atoms with Crippen molar-refractivity contribution in [2.24, 2.45) is 0 Å². The van der Waals surface area contributed by atoms with Gasteiger partial charge in [0.15, 0.2) is 11.5 Å². The first-order valence-electron chi connectivity index (χ1n) is 9.46. The third kappa shape index (κ3) is 4.35. The van der Waals surface area contributed by atoms with Crippen molar-refractivity contribution in [1.29, 1.82) is 0 Å². The zero-order valence-corrected chi connectivity index (χ0v) is 16.4. The van der Waals surface area contributed by atoms with Crippen molar-refractivity contribution < 1.29 is 19.1 Å². The lowest BCUT2D eigenvalue weighted by Crippen LogP contribution is -2.30. The van der Waals surface area contributed by atoms with E-state index < -0.39 is 0 Å². The minimum absolute atomic E-state index is 0.155. The Kier molecular flexibility index (Phi) is 5.52. The van der Waals surface area contributed by atoms with Gasteiger partial charge in [0.05, 0.1) is 17.8 Å². The molecule has 0 fully saturated rings. The summed E-state index contributed by atoms with van der Waals surface area (Å²) in [5.41, 5.74) is 2.32. The number of rotatable bonds is 6. The summed E-state index contributed by atoms with van der Waals surface area (Å²) in [6, 6.07) is 21.7. The number of hydrogen-bond donors (Lipinski definition) is 2. The van der Waals surface area contributed by atoms with E-state index in [1.165, 1.54) is 0 Å². The highest BCUT2D eigenvalue weighted by molar-refractivity contribution is 6.10. The van der Waals surface area contributed by atoms with Gasteiger partial charge in [-0.15, -0.1) is 0 Å². The number of hydrogen-bond acceptors (Lipinski definition) is 5. The van der Waals surface area contributed by atoms with Crippen LogP contribution >= 0.6 is 0 Å². The lowest BCUT2D eigenvalue weighted by atomic mass is 10.1. The number of carbonyl (C=O) groups excluding carboxylic acids is 2. The highest BCUT2D eigenvalue weighted by Crippen LogP contribution is 2.34. The molecule has 7 nitrogen and oxygen atoms in total. The molecule has 1 heterocycles. The third-order valence-corrected chi connectivity index (χ3v) is 4.65. The van der Waals surface area contributed by atoms with Gasteiger partial charge < -0.3 is 25.0 Å². The zero-order valence-electron chi connectivity index (χ0n) is 16.4. The molecule has 1 aliphatic rings. The van der Waals surface area contributed by atoms with Gasteiger partial charge in [0.2, 0.25) is 12.7 Å². The number of anilines is 3. The van der Waals surface area contributed by atoms with E-state index in [4.69, 9.17) is 9.47 Å². The average molecular weight is 403 g/mol. The molecule has 0 unspecified atom stereocenters. The molecule has 30 heavy (non-hydrogen) atoms. The fourth-order valence-corrected chi connectivity index (χ4v) is 3.14. The Labute approximate surface area is 174 Å². The monoisotopic (exact) mass is 403 g/mol. The van der Waals surface area contributed by atoms with Gasteiger partial charge in [-0.2, -0.15) is 0 Å². The molecule has 3 aromatic carbocycles. The highest BCUT2D eigenvalue weighted by atomic mass is 16.7. The number of benzene rings is 3. The summed E-state index contributed by atoms with van der Waals surface area (Å²) in [5.74, 6) is 0.674. The molecule has 152 valence electrons. The molecule has 0 radical (unpaired) electrons. The van der Waals surface area contributed by atoms with E-state index in [0.29, 0.717) is 28.4 Å². The first kappa shape index (κ1) is 19.3. The van der Waals surface area contributed by atoms with E-state index in [0.717, 1.165) is 5.69 Å². The molecule has 7 heteroatoms. The molecule has 0 bridgehead atoms. The van der Waals surface area contributed by atoms with E-state index in [1.54, 1.807) is 42.5 Å². The molecule has 0 saturated heterocycles. The smallest absolute Gasteiger partial charge is 0.257 e. The molecule has 0 saturated carbocycles. The van der Waals surface area contributed by atoms with Crippen LogP contribution in [0.15, 0.2) is 72.8 Å². The summed E-state index contributed by atoms with van der Waals surface area (Å²) in [6.45, 7) is 0.321. The Morgan fingerprint density at radius 2 is 1.63 bits per heavy atom. The van der Waals surface area contributed by atoms with Crippen molar-refractivity contribution in [2.75, 3.05) is 35.9 Å². The maximum atomic E-state index is 12.8. The summed E-state index contributed by atoms with van der Waals surface area (Å²) in [7, 11) is 1.84. The van der Waals surface area contributed by atoms with Gasteiger partial charge in [0.25, 0.3) is 5.91 Å². The Morgan fingerprint density at radius 1 is 0.900 bits per heavy atom. The topological polar surface area (TPSA) is 79.9 Å². The van der Waals surface area contributed by atoms with Crippen LogP contribution in [0.2, 0.25) is 0 Å². The predicted molar refractivity (Wildman–Crippen MR) is 115 cm³/mol. The average Bonchev–Trinajstić information content (AvgIpc) is 3.22. The van der Waals surface area contributed by atoms with Gasteiger partial charge in [0, 0.05) is 24.5 Å². The van der Waals surface area contributed by atoms with Crippen molar-refractivity contribution in [3.63, 3.8) is 0 Å². The van der Waals surface area contributed by atoms with E-state index in [1.807, 2.05) is 42.3 Å².